The zero-order valence-corrected chi connectivity index (χ0v) is 11.7. The van der Waals surface area contributed by atoms with Gasteiger partial charge in [-0.25, -0.2) is 4.98 Å². The first kappa shape index (κ1) is 14.0. The van der Waals surface area contributed by atoms with Crippen molar-refractivity contribution in [2.75, 3.05) is 18.1 Å². The molecular formula is C13H14N4O2S. The molecule has 104 valence electrons. The van der Waals surface area contributed by atoms with Gasteiger partial charge >= 0.3 is 0 Å². The van der Waals surface area contributed by atoms with Crippen molar-refractivity contribution < 1.29 is 9.59 Å². The average molecular weight is 290 g/mol. The molecule has 1 aromatic carbocycles. The van der Waals surface area contributed by atoms with Crippen LogP contribution in [0.25, 0.3) is 0 Å². The monoisotopic (exact) mass is 290 g/mol. The van der Waals surface area contributed by atoms with Crippen LogP contribution in [0.5, 0.6) is 0 Å². The van der Waals surface area contributed by atoms with Crippen LogP contribution >= 0.6 is 11.3 Å². The minimum atomic E-state index is -0.204. The molecule has 0 saturated heterocycles. The molecule has 7 heteroatoms. The number of benzene rings is 1. The van der Waals surface area contributed by atoms with Gasteiger partial charge in [-0.15, -0.1) is 11.3 Å². The lowest BCUT2D eigenvalue weighted by Gasteiger charge is -2.06. The van der Waals surface area contributed by atoms with Crippen LogP contribution in [0.4, 0.5) is 10.8 Å². The summed E-state index contributed by atoms with van der Waals surface area (Å²) in [7, 11) is 1.56. The Morgan fingerprint density at radius 3 is 2.85 bits per heavy atom. The van der Waals surface area contributed by atoms with Crippen molar-refractivity contribution in [3.05, 3.63) is 40.9 Å². The average Bonchev–Trinajstić information content (AvgIpc) is 2.83. The minimum absolute atomic E-state index is 0.151. The molecule has 0 fully saturated rings. The van der Waals surface area contributed by atoms with Gasteiger partial charge in [0, 0.05) is 23.7 Å². The van der Waals surface area contributed by atoms with Crippen molar-refractivity contribution in [1.82, 2.24) is 10.3 Å². The van der Waals surface area contributed by atoms with E-state index in [0.29, 0.717) is 22.1 Å². The van der Waals surface area contributed by atoms with E-state index in [4.69, 9.17) is 5.73 Å². The molecule has 1 aromatic heterocycles. The van der Waals surface area contributed by atoms with Crippen LogP contribution in [0.2, 0.25) is 0 Å². The number of rotatable bonds is 4. The molecule has 4 N–H and O–H groups in total. The highest BCUT2D eigenvalue weighted by atomic mass is 32.1. The first-order chi connectivity index (χ1) is 9.58. The molecule has 2 rings (SSSR count). The Balaban J connectivity index is 2.02. The number of amides is 2. The minimum Gasteiger partial charge on any atom is -0.375 e. The summed E-state index contributed by atoms with van der Waals surface area (Å²) in [6.45, 7) is 0. The van der Waals surface area contributed by atoms with Gasteiger partial charge in [-0.2, -0.15) is 0 Å². The molecule has 1 heterocycles. The van der Waals surface area contributed by atoms with E-state index >= 15 is 0 Å². The molecule has 6 nitrogen and oxygen atoms in total. The van der Waals surface area contributed by atoms with Gasteiger partial charge in [0.25, 0.3) is 5.91 Å². The van der Waals surface area contributed by atoms with Crippen molar-refractivity contribution in [3.8, 4) is 0 Å². The molecule has 0 radical (unpaired) electrons. The molecule has 2 amide bonds. The zero-order chi connectivity index (χ0) is 14.5. The van der Waals surface area contributed by atoms with Crippen molar-refractivity contribution in [2.24, 2.45) is 0 Å². The quantitative estimate of drug-likeness (QED) is 0.789. The topological polar surface area (TPSA) is 97.1 Å². The Labute approximate surface area is 120 Å². The standard InChI is InChI=1S/C13H14N4O2S/c1-15-12(19)8-3-2-4-9(5-8)16-11(18)6-10-7-20-13(14)17-10/h2-5,7H,6H2,1H3,(H2,14,17)(H,15,19)(H,16,18). The van der Waals surface area contributed by atoms with Gasteiger partial charge in [0.1, 0.15) is 0 Å². The van der Waals surface area contributed by atoms with Gasteiger partial charge < -0.3 is 16.4 Å². The van der Waals surface area contributed by atoms with E-state index in [1.54, 1.807) is 36.7 Å². The first-order valence-corrected chi connectivity index (χ1v) is 6.78. The van der Waals surface area contributed by atoms with E-state index < -0.39 is 0 Å². The maximum absolute atomic E-state index is 11.9. The third kappa shape index (κ3) is 3.55. The van der Waals surface area contributed by atoms with E-state index in [-0.39, 0.29) is 18.2 Å². The molecule has 0 atom stereocenters. The number of nitrogens with two attached hydrogens (primary N) is 1. The van der Waals surface area contributed by atoms with E-state index in [2.05, 4.69) is 15.6 Å². The van der Waals surface area contributed by atoms with Crippen LogP contribution in [-0.2, 0) is 11.2 Å². The van der Waals surface area contributed by atoms with Gasteiger partial charge in [0.2, 0.25) is 5.91 Å². The summed E-state index contributed by atoms with van der Waals surface area (Å²) < 4.78 is 0. The predicted molar refractivity (Wildman–Crippen MR) is 78.7 cm³/mol. The van der Waals surface area contributed by atoms with Gasteiger partial charge in [0.15, 0.2) is 5.13 Å². The van der Waals surface area contributed by atoms with Crippen molar-refractivity contribution in [1.29, 1.82) is 0 Å². The van der Waals surface area contributed by atoms with Crippen molar-refractivity contribution >= 4 is 34.0 Å². The fourth-order valence-corrected chi connectivity index (χ4v) is 2.22. The highest BCUT2D eigenvalue weighted by Gasteiger charge is 2.09. The summed E-state index contributed by atoms with van der Waals surface area (Å²) in [6.07, 6.45) is 0.151. The van der Waals surface area contributed by atoms with E-state index in [0.717, 1.165) is 0 Å². The van der Waals surface area contributed by atoms with Gasteiger partial charge in [0.05, 0.1) is 12.1 Å². The summed E-state index contributed by atoms with van der Waals surface area (Å²) in [5.74, 6) is -0.405. The molecule has 0 unspecified atom stereocenters. The Kier molecular flexibility index (Phi) is 4.31. The number of nitrogen functional groups attached to an aromatic ring is 1. The molecule has 0 aliphatic heterocycles. The lowest BCUT2D eigenvalue weighted by atomic mass is 10.2. The maximum atomic E-state index is 11.9. The summed E-state index contributed by atoms with van der Waals surface area (Å²) >= 11 is 1.30. The second-order valence-corrected chi connectivity index (χ2v) is 4.95. The Morgan fingerprint density at radius 2 is 2.20 bits per heavy atom. The second kappa shape index (κ2) is 6.16. The summed E-state index contributed by atoms with van der Waals surface area (Å²) in [4.78, 5) is 27.4. The smallest absolute Gasteiger partial charge is 0.251 e. The summed E-state index contributed by atoms with van der Waals surface area (Å²) in [5.41, 5.74) is 7.20. The normalized spacial score (nSPS) is 10.1. The van der Waals surface area contributed by atoms with Crippen LogP contribution < -0.4 is 16.4 Å². The highest BCUT2D eigenvalue weighted by molar-refractivity contribution is 7.13. The van der Waals surface area contributed by atoms with Crippen LogP contribution in [0.1, 0.15) is 16.1 Å². The lowest BCUT2D eigenvalue weighted by Crippen LogP contribution is -2.19. The SMILES string of the molecule is CNC(=O)c1cccc(NC(=O)Cc2csc(N)n2)c1. The van der Waals surface area contributed by atoms with Crippen molar-refractivity contribution in [3.63, 3.8) is 0 Å². The molecule has 0 saturated carbocycles. The number of anilines is 2. The summed E-state index contributed by atoms with van der Waals surface area (Å²) in [5, 5.41) is 7.44. The van der Waals surface area contributed by atoms with Crippen molar-refractivity contribution in [2.45, 2.75) is 6.42 Å². The molecule has 2 aromatic rings. The molecule has 0 aliphatic rings. The van der Waals surface area contributed by atoms with E-state index in [1.165, 1.54) is 11.3 Å². The zero-order valence-electron chi connectivity index (χ0n) is 10.8. The number of thiazole rings is 1. The third-order valence-corrected chi connectivity index (χ3v) is 3.27. The Morgan fingerprint density at radius 1 is 1.40 bits per heavy atom. The number of carbonyl (C=O) groups excluding carboxylic acids is 2. The number of carbonyl (C=O) groups is 2. The maximum Gasteiger partial charge on any atom is 0.251 e. The van der Waals surface area contributed by atoms with E-state index in [1.807, 2.05) is 0 Å². The number of hydrogen-bond acceptors (Lipinski definition) is 5. The third-order valence-electron chi connectivity index (χ3n) is 2.55. The Hall–Kier alpha value is -2.41. The van der Waals surface area contributed by atoms with Gasteiger partial charge in [-0.05, 0) is 18.2 Å². The highest BCUT2D eigenvalue weighted by Crippen LogP contribution is 2.14. The van der Waals surface area contributed by atoms with Crippen LogP contribution in [0, 0.1) is 0 Å². The number of aromatic nitrogens is 1. The Bertz CT molecular complexity index is 639. The first-order valence-electron chi connectivity index (χ1n) is 5.90. The molecule has 0 aliphatic carbocycles. The summed E-state index contributed by atoms with van der Waals surface area (Å²) in [6, 6.07) is 6.72. The van der Waals surface area contributed by atoms with Crippen LogP contribution in [0.15, 0.2) is 29.6 Å². The van der Waals surface area contributed by atoms with Gasteiger partial charge in [-0.1, -0.05) is 6.07 Å². The number of nitrogens with zero attached hydrogens (tertiary/aromatic N) is 1. The largest absolute Gasteiger partial charge is 0.375 e. The lowest BCUT2D eigenvalue weighted by molar-refractivity contribution is -0.115. The molecular weight excluding hydrogens is 276 g/mol. The van der Waals surface area contributed by atoms with E-state index in [9.17, 15) is 9.59 Å². The number of nitrogens with one attached hydrogen (secondary N) is 2. The molecule has 20 heavy (non-hydrogen) atoms. The molecule has 0 spiro atoms. The fourth-order valence-electron chi connectivity index (χ4n) is 1.66. The number of hydrogen-bond donors (Lipinski definition) is 3. The predicted octanol–water partition coefficient (Wildman–Crippen LogP) is 1.27. The second-order valence-electron chi connectivity index (χ2n) is 4.06. The molecule has 0 bridgehead atoms. The van der Waals surface area contributed by atoms with Gasteiger partial charge in [-0.3, -0.25) is 9.59 Å². The fraction of sp³-hybridized carbons (Fsp3) is 0.154. The van der Waals surface area contributed by atoms with Crippen LogP contribution in [-0.4, -0.2) is 23.8 Å². The van der Waals surface area contributed by atoms with Crippen LogP contribution in [0.3, 0.4) is 0 Å².